The number of hydrogen-bond acceptors (Lipinski definition) is 2. The van der Waals surface area contributed by atoms with Gasteiger partial charge in [0.1, 0.15) is 0 Å². The molecule has 2 N–H and O–H groups in total. The molecule has 1 aromatic rings. The van der Waals surface area contributed by atoms with E-state index in [1.165, 1.54) is 31.5 Å². The lowest BCUT2D eigenvalue weighted by atomic mass is 9.97. The maximum Gasteiger partial charge on any atom is 0.191 e. The van der Waals surface area contributed by atoms with Crippen molar-refractivity contribution in [3.63, 3.8) is 0 Å². The third-order valence-electron chi connectivity index (χ3n) is 4.72. The van der Waals surface area contributed by atoms with Gasteiger partial charge in [0.05, 0.1) is 6.04 Å². The first kappa shape index (κ1) is 21.2. The van der Waals surface area contributed by atoms with Crippen LogP contribution >= 0.6 is 24.0 Å². The van der Waals surface area contributed by atoms with E-state index in [9.17, 15) is 0 Å². The Balaban J connectivity index is 0.00000288. The van der Waals surface area contributed by atoms with Gasteiger partial charge in [-0.15, -0.1) is 24.0 Å². The minimum absolute atomic E-state index is 0. The summed E-state index contributed by atoms with van der Waals surface area (Å²) in [6.07, 6.45) is 2.61. The number of benzene rings is 1. The number of nitrogens with one attached hydrogen (secondary N) is 2. The topological polar surface area (TPSA) is 39.7 Å². The zero-order chi connectivity index (χ0) is 16.7. The molecule has 0 aliphatic carbocycles. The zero-order valence-electron chi connectivity index (χ0n) is 15.5. The molecule has 1 saturated heterocycles. The Morgan fingerprint density at radius 3 is 2.58 bits per heavy atom. The monoisotopic (exact) mass is 444 g/mol. The number of halogens is 1. The minimum Gasteiger partial charge on any atom is -0.356 e. The number of likely N-dealkylation sites (tertiary alicyclic amines) is 1. The van der Waals surface area contributed by atoms with E-state index in [1.807, 2.05) is 13.1 Å². The van der Waals surface area contributed by atoms with Crippen LogP contribution in [0.15, 0.2) is 35.3 Å². The van der Waals surface area contributed by atoms with Gasteiger partial charge in [-0.25, -0.2) is 0 Å². The molecule has 2 rings (SSSR count). The molecule has 1 aliphatic heterocycles. The molecule has 1 heterocycles. The van der Waals surface area contributed by atoms with Crippen LogP contribution in [0.25, 0.3) is 0 Å². The van der Waals surface area contributed by atoms with E-state index in [-0.39, 0.29) is 30.0 Å². The second-order valence-electron chi connectivity index (χ2n) is 6.83. The summed E-state index contributed by atoms with van der Waals surface area (Å²) in [7, 11) is 1.84. The first-order valence-corrected chi connectivity index (χ1v) is 8.86. The van der Waals surface area contributed by atoms with E-state index in [1.54, 1.807) is 0 Å². The first-order valence-electron chi connectivity index (χ1n) is 8.86. The lowest BCUT2D eigenvalue weighted by molar-refractivity contribution is 0.141. The molecule has 0 amide bonds. The van der Waals surface area contributed by atoms with Gasteiger partial charge in [0, 0.05) is 26.2 Å². The number of nitrogens with zero attached hydrogens (tertiary/aromatic N) is 2. The van der Waals surface area contributed by atoms with Crippen molar-refractivity contribution in [2.24, 2.45) is 10.9 Å². The number of aliphatic imine (C=N–C) groups is 1. The predicted molar refractivity (Wildman–Crippen MR) is 114 cm³/mol. The van der Waals surface area contributed by atoms with Gasteiger partial charge in [0.25, 0.3) is 0 Å². The SMILES string of the molecule is CN=C(NCC1CCCN(C(C)C)C1)NC(C)c1ccccc1.I. The maximum absolute atomic E-state index is 4.37. The molecule has 2 atom stereocenters. The van der Waals surface area contributed by atoms with Gasteiger partial charge >= 0.3 is 0 Å². The number of piperidine rings is 1. The summed E-state index contributed by atoms with van der Waals surface area (Å²) in [4.78, 5) is 6.95. The Morgan fingerprint density at radius 1 is 1.25 bits per heavy atom. The zero-order valence-corrected chi connectivity index (χ0v) is 17.8. The largest absolute Gasteiger partial charge is 0.356 e. The Hall–Kier alpha value is -0.820. The Bertz CT molecular complexity index is 489. The van der Waals surface area contributed by atoms with Gasteiger partial charge in [-0.2, -0.15) is 0 Å². The van der Waals surface area contributed by atoms with Gasteiger partial charge < -0.3 is 15.5 Å². The van der Waals surface area contributed by atoms with Crippen molar-refractivity contribution in [2.45, 2.75) is 45.7 Å². The molecule has 24 heavy (non-hydrogen) atoms. The summed E-state index contributed by atoms with van der Waals surface area (Å²) in [6, 6.07) is 11.4. The smallest absolute Gasteiger partial charge is 0.191 e. The van der Waals surface area contributed by atoms with Crippen LogP contribution in [0.2, 0.25) is 0 Å². The van der Waals surface area contributed by atoms with Gasteiger partial charge in [0.15, 0.2) is 5.96 Å². The van der Waals surface area contributed by atoms with Crippen LogP contribution in [0.3, 0.4) is 0 Å². The minimum atomic E-state index is 0. The van der Waals surface area contributed by atoms with Crippen molar-refractivity contribution in [1.82, 2.24) is 15.5 Å². The van der Waals surface area contributed by atoms with Crippen LogP contribution in [-0.4, -0.2) is 43.6 Å². The van der Waals surface area contributed by atoms with Gasteiger partial charge in [0.2, 0.25) is 0 Å². The first-order chi connectivity index (χ1) is 11.1. The Morgan fingerprint density at radius 2 is 1.96 bits per heavy atom. The summed E-state index contributed by atoms with van der Waals surface area (Å²) in [5.74, 6) is 1.60. The third kappa shape index (κ3) is 6.59. The highest BCUT2D eigenvalue weighted by Crippen LogP contribution is 2.17. The Kier molecular flexibility index (Phi) is 9.66. The highest BCUT2D eigenvalue weighted by Gasteiger charge is 2.21. The van der Waals surface area contributed by atoms with E-state index in [0.717, 1.165) is 12.5 Å². The van der Waals surface area contributed by atoms with E-state index in [4.69, 9.17) is 0 Å². The molecule has 1 aromatic carbocycles. The summed E-state index contributed by atoms with van der Waals surface area (Å²) < 4.78 is 0. The molecule has 1 fully saturated rings. The number of rotatable bonds is 5. The Labute approximate surface area is 164 Å². The lowest BCUT2D eigenvalue weighted by Crippen LogP contribution is -2.46. The van der Waals surface area contributed by atoms with E-state index >= 15 is 0 Å². The second kappa shape index (κ2) is 10.9. The summed E-state index contributed by atoms with van der Waals surface area (Å²) in [6.45, 7) is 10.2. The normalized spacial score (nSPS) is 20.4. The van der Waals surface area contributed by atoms with E-state index < -0.39 is 0 Å². The van der Waals surface area contributed by atoms with Crippen molar-refractivity contribution >= 4 is 29.9 Å². The molecule has 0 bridgehead atoms. The van der Waals surface area contributed by atoms with Crippen LogP contribution in [0.5, 0.6) is 0 Å². The molecule has 136 valence electrons. The predicted octanol–water partition coefficient (Wildman–Crippen LogP) is 3.65. The van der Waals surface area contributed by atoms with Crippen LogP contribution < -0.4 is 10.6 Å². The molecule has 4 nitrogen and oxygen atoms in total. The highest BCUT2D eigenvalue weighted by molar-refractivity contribution is 14.0. The average molecular weight is 444 g/mol. The summed E-state index contributed by atoms with van der Waals surface area (Å²) in [5, 5.41) is 6.99. The molecule has 5 heteroatoms. The molecule has 0 aromatic heterocycles. The summed E-state index contributed by atoms with van der Waals surface area (Å²) in [5.41, 5.74) is 1.28. The molecule has 2 unspecified atom stereocenters. The average Bonchev–Trinajstić information content (AvgIpc) is 2.59. The molecular weight excluding hydrogens is 411 g/mol. The fraction of sp³-hybridized carbons (Fsp3) is 0.632. The quantitative estimate of drug-likeness (QED) is 0.414. The van der Waals surface area contributed by atoms with Crippen LogP contribution in [0, 0.1) is 5.92 Å². The van der Waals surface area contributed by atoms with E-state index in [0.29, 0.717) is 12.0 Å². The van der Waals surface area contributed by atoms with Crippen molar-refractivity contribution in [3.8, 4) is 0 Å². The van der Waals surface area contributed by atoms with Gasteiger partial charge in [-0.05, 0) is 51.6 Å². The van der Waals surface area contributed by atoms with Crippen molar-refractivity contribution in [1.29, 1.82) is 0 Å². The van der Waals surface area contributed by atoms with E-state index in [2.05, 4.69) is 65.6 Å². The van der Waals surface area contributed by atoms with Crippen LogP contribution in [0.4, 0.5) is 0 Å². The second-order valence-corrected chi connectivity index (χ2v) is 6.83. The number of hydrogen-bond donors (Lipinski definition) is 2. The standard InChI is InChI=1S/C19H32N4.HI/c1-15(2)23-12-8-9-17(14-23)13-21-19(20-4)22-16(3)18-10-6-5-7-11-18;/h5-7,10-11,15-17H,8-9,12-14H2,1-4H3,(H2,20,21,22);1H. The van der Waals surface area contributed by atoms with Gasteiger partial charge in [-0.1, -0.05) is 30.3 Å². The van der Waals surface area contributed by atoms with Crippen LogP contribution in [0.1, 0.15) is 45.2 Å². The van der Waals surface area contributed by atoms with Gasteiger partial charge in [-0.3, -0.25) is 4.99 Å². The molecule has 0 saturated carbocycles. The third-order valence-corrected chi connectivity index (χ3v) is 4.72. The van der Waals surface area contributed by atoms with Crippen LogP contribution in [-0.2, 0) is 0 Å². The van der Waals surface area contributed by atoms with Crippen molar-refractivity contribution in [3.05, 3.63) is 35.9 Å². The molecular formula is C19H33IN4. The number of guanidine groups is 1. The fourth-order valence-electron chi connectivity index (χ4n) is 3.20. The maximum atomic E-state index is 4.37. The van der Waals surface area contributed by atoms with Crippen molar-refractivity contribution < 1.29 is 0 Å². The fourth-order valence-corrected chi connectivity index (χ4v) is 3.20. The highest BCUT2D eigenvalue weighted by atomic mass is 127. The molecule has 1 aliphatic rings. The summed E-state index contributed by atoms with van der Waals surface area (Å²) >= 11 is 0. The molecule has 0 spiro atoms. The van der Waals surface area contributed by atoms with Crippen molar-refractivity contribution in [2.75, 3.05) is 26.7 Å². The lowest BCUT2D eigenvalue weighted by Gasteiger charge is -2.35. The molecule has 0 radical (unpaired) electrons.